The summed E-state index contributed by atoms with van der Waals surface area (Å²) in [6.07, 6.45) is 4.99. The van der Waals surface area contributed by atoms with Gasteiger partial charge < -0.3 is 10.6 Å². The van der Waals surface area contributed by atoms with E-state index in [9.17, 15) is 14.4 Å². The third kappa shape index (κ3) is 6.76. The van der Waals surface area contributed by atoms with Crippen LogP contribution in [0.5, 0.6) is 0 Å². The van der Waals surface area contributed by atoms with Gasteiger partial charge in [-0.25, -0.2) is 0 Å². The number of ketones is 1. The van der Waals surface area contributed by atoms with Gasteiger partial charge in [-0.2, -0.15) is 0 Å². The number of Topliss-reactive ketones (excluding diaryl/α,β-unsaturated/α-hetero) is 1. The number of benzene rings is 1. The van der Waals surface area contributed by atoms with Crippen LogP contribution < -0.4 is 10.6 Å². The number of para-hydroxylation sites is 1. The van der Waals surface area contributed by atoms with Crippen molar-refractivity contribution in [3.8, 4) is 12.3 Å². The summed E-state index contributed by atoms with van der Waals surface area (Å²) >= 11 is 0. The predicted octanol–water partition coefficient (Wildman–Crippen LogP) is 0.866. The van der Waals surface area contributed by atoms with Gasteiger partial charge in [0.15, 0.2) is 5.78 Å². The molecule has 0 aliphatic carbocycles. The Kier molecular flexibility index (Phi) is 8.33. The van der Waals surface area contributed by atoms with E-state index in [2.05, 4.69) is 16.6 Å². The van der Waals surface area contributed by atoms with Gasteiger partial charge in [-0.1, -0.05) is 18.1 Å². The topological polar surface area (TPSA) is 75.3 Å². The molecule has 0 atom stereocenters. The van der Waals surface area contributed by atoms with Crippen LogP contribution in [-0.4, -0.2) is 31.6 Å². The molecule has 0 heterocycles. The van der Waals surface area contributed by atoms with Crippen molar-refractivity contribution in [3.05, 3.63) is 29.8 Å². The van der Waals surface area contributed by atoms with Crippen molar-refractivity contribution >= 4 is 23.7 Å². The molecule has 1 aromatic carbocycles. The first kappa shape index (κ1) is 16.6. The smallest absolute Gasteiger partial charge is 0.288 e. The third-order valence-corrected chi connectivity index (χ3v) is 1.95. The van der Waals surface area contributed by atoms with Crippen LogP contribution in [0, 0.1) is 12.3 Å². The first-order valence-corrected chi connectivity index (χ1v) is 5.51. The highest BCUT2D eigenvalue weighted by Crippen LogP contribution is 2.14. The highest BCUT2D eigenvalue weighted by atomic mass is 16.2. The molecule has 0 saturated heterocycles. The Morgan fingerprint density at radius 3 is 2.42 bits per heavy atom. The van der Waals surface area contributed by atoms with E-state index in [0.29, 0.717) is 17.8 Å². The van der Waals surface area contributed by atoms with Crippen molar-refractivity contribution in [1.29, 1.82) is 0 Å². The number of hydrogen-bond donors (Lipinski definition) is 2. The number of rotatable bonds is 4. The minimum absolute atomic E-state index is 0.160. The Morgan fingerprint density at radius 2 is 2.00 bits per heavy atom. The molecule has 0 fully saturated rings. The number of amides is 1. The van der Waals surface area contributed by atoms with Crippen LogP contribution in [0.3, 0.4) is 0 Å². The highest BCUT2D eigenvalue weighted by molar-refractivity contribution is 6.30. The van der Waals surface area contributed by atoms with Crippen LogP contribution in [0.15, 0.2) is 24.3 Å². The molecular formula is C14H16N2O3. The number of anilines is 1. The fourth-order valence-corrected chi connectivity index (χ4v) is 1.16. The predicted molar refractivity (Wildman–Crippen MR) is 73.9 cm³/mol. The average Bonchev–Trinajstić information content (AvgIpc) is 2.40. The summed E-state index contributed by atoms with van der Waals surface area (Å²) in [6, 6.07) is 6.51. The normalized spacial score (nSPS) is 8.47. The molecule has 0 unspecified atom stereocenters. The summed E-state index contributed by atoms with van der Waals surface area (Å²) in [4.78, 5) is 32.0. The fourth-order valence-electron chi connectivity index (χ4n) is 1.16. The van der Waals surface area contributed by atoms with E-state index in [4.69, 9.17) is 6.42 Å². The maximum Gasteiger partial charge on any atom is 0.288 e. The van der Waals surface area contributed by atoms with Gasteiger partial charge in [0.1, 0.15) is 0 Å². The van der Waals surface area contributed by atoms with Gasteiger partial charge in [0.2, 0.25) is 6.29 Å². The molecule has 1 amide bonds. The lowest BCUT2D eigenvalue weighted by Crippen LogP contribution is -2.14. The summed E-state index contributed by atoms with van der Waals surface area (Å²) in [5.41, 5.74) is 0.750. The van der Waals surface area contributed by atoms with Crippen molar-refractivity contribution in [2.45, 2.75) is 6.92 Å². The van der Waals surface area contributed by atoms with Gasteiger partial charge in [0.05, 0.1) is 12.2 Å². The number of carbonyl (C=O) groups is 3. The molecular weight excluding hydrogens is 244 g/mol. The molecule has 1 rings (SSSR count). The summed E-state index contributed by atoms with van der Waals surface area (Å²) in [7, 11) is 1.82. The number of terminal acetylenes is 1. The van der Waals surface area contributed by atoms with Crippen molar-refractivity contribution in [2.24, 2.45) is 0 Å². The van der Waals surface area contributed by atoms with E-state index in [-0.39, 0.29) is 12.1 Å². The Morgan fingerprint density at radius 1 is 1.37 bits per heavy atom. The minimum Gasteiger partial charge on any atom is -0.319 e. The Labute approximate surface area is 112 Å². The average molecular weight is 260 g/mol. The van der Waals surface area contributed by atoms with Crippen LogP contribution in [0.4, 0.5) is 5.69 Å². The minimum atomic E-state index is -0.765. The molecule has 5 heteroatoms. The first-order valence-electron chi connectivity index (χ1n) is 5.51. The summed E-state index contributed by atoms with van der Waals surface area (Å²) in [5, 5.41) is 5.09. The molecule has 0 spiro atoms. The lowest BCUT2D eigenvalue weighted by atomic mass is 10.1. The quantitative estimate of drug-likeness (QED) is 0.364. The summed E-state index contributed by atoms with van der Waals surface area (Å²) in [6.45, 7) is 2.06. The van der Waals surface area contributed by atoms with Crippen molar-refractivity contribution in [2.75, 3.05) is 18.9 Å². The number of aldehydes is 1. The van der Waals surface area contributed by atoms with E-state index in [1.165, 1.54) is 6.92 Å². The number of carbonyl (C=O) groups excluding carboxylic acids is 3. The van der Waals surface area contributed by atoms with Gasteiger partial charge in [-0.05, 0) is 26.1 Å². The molecule has 0 saturated carbocycles. The monoisotopic (exact) mass is 260 g/mol. The molecule has 0 bridgehead atoms. The van der Waals surface area contributed by atoms with E-state index >= 15 is 0 Å². The zero-order valence-electron chi connectivity index (χ0n) is 10.9. The molecule has 0 radical (unpaired) electrons. The van der Waals surface area contributed by atoms with Crippen LogP contribution in [0.25, 0.3) is 0 Å². The lowest BCUT2D eigenvalue weighted by Gasteiger charge is -2.05. The SMILES string of the molecule is C#CCNC.CC(=O)c1ccccc1NC(=O)C=O. The van der Waals surface area contributed by atoms with Gasteiger partial charge in [-0.3, -0.25) is 14.4 Å². The lowest BCUT2D eigenvalue weighted by molar-refractivity contribution is -0.127. The van der Waals surface area contributed by atoms with Crippen LogP contribution in [0.2, 0.25) is 0 Å². The maximum absolute atomic E-state index is 11.1. The fraction of sp³-hybridized carbons (Fsp3) is 0.214. The zero-order valence-corrected chi connectivity index (χ0v) is 10.9. The van der Waals surface area contributed by atoms with Gasteiger partial charge >= 0.3 is 0 Å². The second-order valence-corrected chi connectivity index (χ2v) is 3.44. The molecule has 0 aromatic heterocycles. The zero-order chi connectivity index (χ0) is 14.7. The number of nitrogens with one attached hydrogen (secondary N) is 2. The van der Waals surface area contributed by atoms with Crippen LogP contribution >= 0.6 is 0 Å². The largest absolute Gasteiger partial charge is 0.319 e. The molecule has 5 nitrogen and oxygen atoms in total. The van der Waals surface area contributed by atoms with Gasteiger partial charge in [-0.15, -0.1) is 6.42 Å². The molecule has 19 heavy (non-hydrogen) atoms. The standard InChI is InChI=1S/C10H9NO3.C4H7N/c1-7(13)8-4-2-3-5-9(8)11-10(14)6-12;1-3-4-5-2/h2-6H,1H3,(H,11,14);1,5H,4H2,2H3. The van der Waals surface area contributed by atoms with Gasteiger partial charge in [0.25, 0.3) is 5.91 Å². The van der Waals surface area contributed by atoms with Crippen molar-refractivity contribution in [3.63, 3.8) is 0 Å². The van der Waals surface area contributed by atoms with Crippen LogP contribution in [-0.2, 0) is 9.59 Å². The third-order valence-electron chi connectivity index (χ3n) is 1.95. The van der Waals surface area contributed by atoms with E-state index < -0.39 is 5.91 Å². The molecule has 100 valence electrons. The van der Waals surface area contributed by atoms with Crippen molar-refractivity contribution in [1.82, 2.24) is 5.32 Å². The Balaban J connectivity index is 0.000000555. The van der Waals surface area contributed by atoms with Crippen molar-refractivity contribution < 1.29 is 14.4 Å². The molecule has 2 N–H and O–H groups in total. The second-order valence-electron chi connectivity index (χ2n) is 3.44. The Bertz CT molecular complexity index is 490. The van der Waals surface area contributed by atoms with E-state index in [1.807, 2.05) is 7.05 Å². The summed E-state index contributed by atoms with van der Waals surface area (Å²) < 4.78 is 0. The first-order chi connectivity index (χ1) is 9.06. The molecule has 0 aliphatic heterocycles. The van der Waals surface area contributed by atoms with Crippen LogP contribution in [0.1, 0.15) is 17.3 Å². The number of hydrogen-bond acceptors (Lipinski definition) is 4. The molecule has 0 aliphatic rings. The maximum atomic E-state index is 11.1. The van der Waals surface area contributed by atoms with E-state index in [0.717, 1.165) is 0 Å². The van der Waals surface area contributed by atoms with Gasteiger partial charge in [0, 0.05) is 5.56 Å². The Hall–Kier alpha value is -2.45. The summed E-state index contributed by atoms with van der Waals surface area (Å²) in [5.74, 6) is 1.48. The molecule has 1 aromatic rings. The second kappa shape index (κ2) is 9.57. The van der Waals surface area contributed by atoms with E-state index in [1.54, 1.807) is 24.3 Å². The highest BCUT2D eigenvalue weighted by Gasteiger charge is 2.07.